The van der Waals surface area contributed by atoms with Gasteiger partial charge in [-0.2, -0.15) is 0 Å². The topological polar surface area (TPSA) is 45.7 Å². The molecule has 4 heterocycles. The Kier molecular flexibility index (Phi) is 4.55. The van der Waals surface area contributed by atoms with Gasteiger partial charge in [-0.1, -0.05) is 0 Å². The second-order valence-corrected chi connectivity index (χ2v) is 7.79. The molecule has 5 nitrogen and oxygen atoms in total. The van der Waals surface area contributed by atoms with Gasteiger partial charge in [-0.3, -0.25) is 9.78 Å². The van der Waals surface area contributed by atoms with Crippen LogP contribution in [0.15, 0.2) is 24.5 Å². The zero-order valence-electron chi connectivity index (χ0n) is 14.3. The average Bonchev–Trinajstić information content (AvgIpc) is 3.26. The van der Waals surface area contributed by atoms with Crippen molar-refractivity contribution in [2.75, 3.05) is 45.9 Å². The van der Waals surface area contributed by atoms with Gasteiger partial charge in [0, 0.05) is 50.6 Å². The van der Waals surface area contributed by atoms with E-state index < -0.39 is 0 Å². The van der Waals surface area contributed by atoms with E-state index in [9.17, 15) is 4.79 Å². The molecule has 1 spiro atoms. The third-order valence-electron chi connectivity index (χ3n) is 5.91. The molecule has 2 atom stereocenters. The van der Waals surface area contributed by atoms with Crippen LogP contribution in [-0.4, -0.2) is 66.6 Å². The number of carbonyl (C=O) groups is 1. The zero-order chi connectivity index (χ0) is 16.4. The first-order valence-corrected chi connectivity index (χ1v) is 9.24. The Morgan fingerprint density at radius 1 is 1.33 bits per heavy atom. The molecule has 0 radical (unpaired) electrons. The molecule has 130 valence electrons. The maximum atomic E-state index is 12.8. The molecular formula is C19H27N3O2. The Labute approximate surface area is 144 Å². The van der Waals surface area contributed by atoms with Crippen molar-refractivity contribution in [3.05, 3.63) is 30.1 Å². The Hall–Kier alpha value is -1.46. The number of nitrogens with zero attached hydrogens (tertiary/aromatic N) is 3. The summed E-state index contributed by atoms with van der Waals surface area (Å²) in [4.78, 5) is 21.5. The van der Waals surface area contributed by atoms with Crippen LogP contribution in [0.3, 0.4) is 0 Å². The summed E-state index contributed by atoms with van der Waals surface area (Å²) in [6, 6.07) is 3.71. The number of carbonyl (C=O) groups excluding carboxylic acids is 1. The summed E-state index contributed by atoms with van der Waals surface area (Å²) in [5.41, 5.74) is 1.02. The summed E-state index contributed by atoms with van der Waals surface area (Å²) < 4.78 is 5.52. The minimum absolute atomic E-state index is 0.143. The van der Waals surface area contributed by atoms with Gasteiger partial charge in [0.1, 0.15) is 0 Å². The lowest BCUT2D eigenvalue weighted by atomic mass is 9.79. The molecule has 0 aliphatic carbocycles. The van der Waals surface area contributed by atoms with Crippen LogP contribution in [0.1, 0.15) is 36.0 Å². The quantitative estimate of drug-likeness (QED) is 0.851. The predicted molar refractivity (Wildman–Crippen MR) is 91.8 cm³/mol. The van der Waals surface area contributed by atoms with Crippen molar-refractivity contribution in [2.24, 2.45) is 11.3 Å². The Bertz CT molecular complexity index is 573. The van der Waals surface area contributed by atoms with E-state index >= 15 is 0 Å². The first-order valence-electron chi connectivity index (χ1n) is 9.24. The van der Waals surface area contributed by atoms with E-state index in [1.54, 1.807) is 12.4 Å². The van der Waals surface area contributed by atoms with Gasteiger partial charge in [0.05, 0.1) is 12.2 Å². The minimum Gasteiger partial charge on any atom is -0.381 e. The van der Waals surface area contributed by atoms with Crippen LogP contribution < -0.4 is 0 Å². The van der Waals surface area contributed by atoms with E-state index in [1.165, 1.54) is 25.8 Å². The van der Waals surface area contributed by atoms with Gasteiger partial charge in [-0.25, -0.2) is 0 Å². The number of pyridine rings is 1. The third kappa shape index (κ3) is 3.33. The summed E-state index contributed by atoms with van der Waals surface area (Å²) in [6.45, 7) is 7.11. The normalized spacial score (nSPS) is 31.0. The predicted octanol–water partition coefficient (Wildman–Crippen LogP) is 2.05. The first-order chi connectivity index (χ1) is 11.7. The molecule has 0 N–H and O–H groups in total. The first kappa shape index (κ1) is 16.0. The number of rotatable bonds is 3. The van der Waals surface area contributed by atoms with Crippen LogP contribution in [0.4, 0.5) is 0 Å². The molecule has 3 fully saturated rings. The van der Waals surface area contributed by atoms with Crippen molar-refractivity contribution >= 4 is 5.91 Å². The number of ether oxygens (including phenoxy) is 1. The van der Waals surface area contributed by atoms with Crippen molar-refractivity contribution in [3.63, 3.8) is 0 Å². The van der Waals surface area contributed by atoms with E-state index in [0.717, 1.165) is 45.8 Å². The van der Waals surface area contributed by atoms with Crippen LogP contribution in [0, 0.1) is 11.3 Å². The smallest absolute Gasteiger partial charge is 0.255 e. The van der Waals surface area contributed by atoms with Gasteiger partial charge in [0.2, 0.25) is 0 Å². The van der Waals surface area contributed by atoms with E-state index in [4.69, 9.17) is 4.74 Å². The highest BCUT2D eigenvalue weighted by atomic mass is 16.5. The van der Waals surface area contributed by atoms with Gasteiger partial charge in [-0.05, 0) is 50.3 Å². The number of amides is 1. The number of hydrogen-bond donors (Lipinski definition) is 0. The molecule has 1 aromatic rings. The second-order valence-electron chi connectivity index (χ2n) is 7.79. The molecule has 0 aromatic carbocycles. The highest BCUT2D eigenvalue weighted by Crippen LogP contribution is 2.39. The maximum absolute atomic E-state index is 12.8. The van der Waals surface area contributed by atoms with Crippen LogP contribution in [0.25, 0.3) is 0 Å². The standard InChI is InChI=1S/C19H27N3O2/c23-18(17-3-1-7-20-11-17)22-8-2-5-19(15-22)6-9-21(14-19)12-16-4-10-24-13-16/h1,3,7,11,16H,2,4-6,8-10,12-15H2/t16-,19+/m0/s1. The monoisotopic (exact) mass is 329 g/mol. The Balaban J connectivity index is 1.38. The fraction of sp³-hybridized carbons (Fsp3) is 0.684. The van der Waals surface area contributed by atoms with Crippen LogP contribution in [0.5, 0.6) is 0 Å². The highest BCUT2D eigenvalue weighted by Gasteiger charge is 2.42. The molecule has 5 heteroatoms. The van der Waals surface area contributed by atoms with Crippen molar-refractivity contribution in [1.29, 1.82) is 0 Å². The lowest BCUT2D eigenvalue weighted by Crippen LogP contribution is -2.47. The number of aromatic nitrogens is 1. The molecule has 0 bridgehead atoms. The number of hydrogen-bond acceptors (Lipinski definition) is 4. The van der Waals surface area contributed by atoms with Crippen molar-refractivity contribution in [3.8, 4) is 0 Å². The van der Waals surface area contributed by atoms with Crippen LogP contribution in [-0.2, 0) is 4.74 Å². The number of likely N-dealkylation sites (tertiary alicyclic amines) is 2. The third-order valence-corrected chi connectivity index (χ3v) is 5.91. The summed E-state index contributed by atoms with van der Waals surface area (Å²) in [6.07, 6.45) is 8.20. The molecule has 24 heavy (non-hydrogen) atoms. The zero-order valence-corrected chi connectivity index (χ0v) is 14.3. The molecule has 0 saturated carbocycles. The lowest BCUT2D eigenvalue weighted by molar-refractivity contribution is 0.0523. The summed E-state index contributed by atoms with van der Waals surface area (Å²) in [7, 11) is 0. The molecule has 4 rings (SSSR count). The lowest BCUT2D eigenvalue weighted by Gasteiger charge is -2.40. The largest absolute Gasteiger partial charge is 0.381 e. The Morgan fingerprint density at radius 3 is 3.08 bits per heavy atom. The van der Waals surface area contributed by atoms with Gasteiger partial charge in [0.25, 0.3) is 5.91 Å². The van der Waals surface area contributed by atoms with Gasteiger partial charge < -0.3 is 14.5 Å². The Morgan fingerprint density at radius 2 is 2.29 bits per heavy atom. The van der Waals surface area contributed by atoms with Gasteiger partial charge >= 0.3 is 0 Å². The summed E-state index contributed by atoms with van der Waals surface area (Å²) in [5.74, 6) is 0.849. The fourth-order valence-electron chi connectivity index (χ4n) is 4.66. The van der Waals surface area contributed by atoms with Gasteiger partial charge in [0.15, 0.2) is 0 Å². The van der Waals surface area contributed by atoms with Crippen LogP contribution in [0.2, 0.25) is 0 Å². The molecule has 3 saturated heterocycles. The van der Waals surface area contributed by atoms with E-state index in [1.807, 2.05) is 12.1 Å². The van der Waals surface area contributed by atoms with Crippen molar-refractivity contribution < 1.29 is 9.53 Å². The SMILES string of the molecule is O=C(c1cccnc1)N1CCC[C@]2(CCN(C[C@@H]3CCOC3)C2)C1. The fourth-order valence-corrected chi connectivity index (χ4v) is 4.66. The molecule has 3 aliphatic rings. The maximum Gasteiger partial charge on any atom is 0.255 e. The number of piperidine rings is 1. The molecule has 3 aliphatic heterocycles. The molecule has 0 unspecified atom stereocenters. The second kappa shape index (κ2) is 6.81. The summed E-state index contributed by atoms with van der Waals surface area (Å²) in [5, 5.41) is 0. The average molecular weight is 329 g/mol. The van der Waals surface area contributed by atoms with Crippen molar-refractivity contribution in [1.82, 2.24) is 14.8 Å². The van der Waals surface area contributed by atoms with E-state index in [-0.39, 0.29) is 5.91 Å². The van der Waals surface area contributed by atoms with Crippen LogP contribution >= 0.6 is 0 Å². The van der Waals surface area contributed by atoms with Crippen molar-refractivity contribution in [2.45, 2.75) is 25.7 Å². The minimum atomic E-state index is 0.143. The van der Waals surface area contributed by atoms with Gasteiger partial charge in [-0.15, -0.1) is 0 Å². The van der Waals surface area contributed by atoms with E-state index in [0.29, 0.717) is 16.9 Å². The summed E-state index contributed by atoms with van der Waals surface area (Å²) >= 11 is 0. The molecule has 1 aromatic heterocycles. The van der Waals surface area contributed by atoms with E-state index in [2.05, 4.69) is 14.8 Å². The molecular weight excluding hydrogens is 302 g/mol. The highest BCUT2D eigenvalue weighted by molar-refractivity contribution is 5.94. The molecule has 1 amide bonds.